The molecule has 0 amide bonds. The molecule has 0 fully saturated rings. The number of aryl methyl sites for hydroxylation is 2. The van der Waals surface area contributed by atoms with E-state index in [1.807, 2.05) is 55.5 Å². The minimum absolute atomic E-state index is 0.0206. The molecule has 0 aliphatic heterocycles. The summed E-state index contributed by atoms with van der Waals surface area (Å²) in [4.78, 5) is 16.0. The maximum atomic E-state index is 11.8. The Hall–Kier alpha value is -3.29. The summed E-state index contributed by atoms with van der Waals surface area (Å²) in [7, 11) is 0. The third-order valence-electron chi connectivity index (χ3n) is 5.08. The van der Waals surface area contributed by atoms with Gasteiger partial charge in [-0.1, -0.05) is 53.4 Å². The molecule has 4 nitrogen and oxygen atoms in total. The third kappa shape index (κ3) is 5.16. The van der Waals surface area contributed by atoms with Gasteiger partial charge in [0.25, 0.3) is 0 Å². The van der Waals surface area contributed by atoms with Gasteiger partial charge in [-0.3, -0.25) is 4.98 Å². The maximum Gasteiger partial charge on any atom is 0.118 e. The number of aliphatic hydroxyl groups is 1. The van der Waals surface area contributed by atoms with Crippen LogP contribution < -0.4 is 0 Å². The van der Waals surface area contributed by atoms with Gasteiger partial charge in [-0.15, -0.1) is 0 Å². The molecule has 0 saturated heterocycles. The van der Waals surface area contributed by atoms with E-state index in [9.17, 15) is 4.91 Å². The number of hydrogen-bond acceptors (Lipinski definition) is 4. The fourth-order valence-corrected chi connectivity index (χ4v) is 3.60. The van der Waals surface area contributed by atoms with Crippen LogP contribution in [0.1, 0.15) is 51.9 Å². The summed E-state index contributed by atoms with van der Waals surface area (Å²) in [5.74, 6) is 5.61. The van der Waals surface area contributed by atoms with E-state index in [1.165, 1.54) is 11.1 Å². The van der Waals surface area contributed by atoms with Gasteiger partial charge in [-0.25, -0.2) is 0 Å². The summed E-state index contributed by atoms with van der Waals surface area (Å²) in [5.41, 5.74) is 6.07. The molecule has 2 aromatic carbocycles. The van der Waals surface area contributed by atoms with Crippen molar-refractivity contribution < 1.29 is 5.11 Å². The number of aliphatic hydroxyl groups excluding tert-OH is 1. The molecule has 3 rings (SSSR count). The molecule has 1 heterocycles. The van der Waals surface area contributed by atoms with E-state index in [2.05, 4.69) is 41.1 Å². The highest BCUT2D eigenvalue weighted by Crippen LogP contribution is 2.37. The lowest BCUT2D eigenvalue weighted by Crippen LogP contribution is -2.09. The minimum atomic E-state index is -0.463. The Morgan fingerprint density at radius 2 is 1.79 bits per heavy atom. The topological polar surface area (TPSA) is 62.6 Å². The predicted octanol–water partition coefficient (Wildman–Crippen LogP) is 5.07. The second kappa shape index (κ2) is 9.77. The molecule has 29 heavy (non-hydrogen) atoms. The van der Waals surface area contributed by atoms with E-state index in [-0.39, 0.29) is 12.5 Å². The molecule has 2 unspecified atom stereocenters. The van der Waals surface area contributed by atoms with Crippen molar-refractivity contribution in [1.29, 1.82) is 0 Å². The zero-order valence-electron chi connectivity index (χ0n) is 16.7. The molecular weight excluding hydrogens is 360 g/mol. The Labute approximate surface area is 171 Å². The maximum absolute atomic E-state index is 11.8. The van der Waals surface area contributed by atoms with Crippen molar-refractivity contribution >= 4 is 0 Å². The van der Waals surface area contributed by atoms with Crippen LogP contribution in [0.15, 0.2) is 72.0 Å². The summed E-state index contributed by atoms with van der Waals surface area (Å²) >= 11 is 0. The van der Waals surface area contributed by atoms with Gasteiger partial charge in [0.05, 0.1) is 0 Å². The van der Waals surface area contributed by atoms with Crippen LogP contribution in [0.25, 0.3) is 0 Å². The Balaban J connectivity index is 1.99. The summed E-state index contributed by atoms with van der Waals surface area (Å²) in [6.45, 7) is 3.84. The van der Waals surface area contributed by atoms with E-state index in [0.29, 0.717) is 6.42 Å². The Morgan fingerprint density at radius 1 is 1.03 bits per heavy atom. The molecule has 2 atom stereocenters. The number of nitroso groups, excluding NO2 is 1. The molecule has 3 aromatic rings. The number of hydrogen-bond donors (Lipinski definition) is 1. The average Bonchev–Trinajstić information content (AvgIpc) is 2.74. The van der Waals surface area contributed by atoms with Crippen LogP contribution in [0.3, 0.4) is 0 Å². The SMILES string of the molecule is Cc1cc(C(CC(c2ccc(C#CCO)cc2)c2ccccc2C)N=O)ccn1. The first-order valence-electron chi connectivity index (χ1n) is 9.62. The van der Waals surface area contributed by atoms with Gasteiger partial charge in [0.15, 0.2) is 0 Å². The lowest BCUT2D eigenvalue weighted by Gasteiger charge is -2.23. The first-order valence-corrected chi connectivity index (χ1v) is 9.62. The molecular formula is C25H24N2O2. The number of rotatable bonds is 6. The fraction of sp³-hybridized carbons (Fsp3) is 0.240. The monoisotopic (exact) mass is 384 g/mol. The Morgan fingerprint density at radius 3 is 2.45 bits per heavy atom. The largest absolute Gasteiger partial charge is 0.384 e. The van der Waals surface area contributed by atoms with Crippen LogP contribution in [0, 0.1) is 30.6 Å². The third-order valence-corrected chi connectivity index (χ3v) is 5.08. The highest BCUT2D eigenvalue weighted by molar-refractivity contribution is 5.42. The molecule has 4 heteroatoms. The molecule has 0 spiro atoms. The lowest BCUT2D eigenvalue weighted by atomic mass is 9.82. The summed E-state index contributed by atoms with van der Waals surface area (Å²) < 4.78 is 0. The van der Waals surface area contributed by atoms with Crippen molar-refractivity contribution in [2.24, 2.45) is 5.18 Å². The normalized spacial score (nSPS) is 12.5. The van der Waals surface area contributed by atoms with Crippen molar-refractivity contribution in [2.45, 2.75) is 32.2 Å². The zero-order chi connectivity index (χ0) is 20.6. The molecule has 0 bridgehead atoms. The van der Waals surface area contributed by atoms with Gasteiger partial charge >= 0.3 is 0 Å². The number of pyridine rings is 1. The minimum Gasteiger partial charge on any atom is -0.384 e. The Kier molecular flexibility index (Phi) is 6.89. The van der Waals surface area contributed by atoms with Gasteiger partial charge in [0.2, 0.25) is 0 Å². The van der Waals surface area contributed by atoms with E-state index < -0.39 is 6.04 Å². The van der Waals surface area contributed by atoms with E-state index in [0.717, 1.165) is 22.4 Å². The molecule has 0 aliphatic carbocycles. The highest BCUT2D eigenvalue weighted by Gasteiger charge is 2.23. The van der Waals surface area contributed by atoms with Crippen molar-refractivity contribution in [3.63, 3.8) is 0 Å². The molecule has 0 saturated carbocycles. The van der Waals surface area contributed by atoms with Crippen LogP contribution in [0.4, 0.5) is 0 Å². The second-order valence-electron chi connectivity index (χ2n) is 7.08. The van der Waals surface area contributed by atoms with Crippen LogP contribution in [0.2, 0.25) is 0 Å². The van der Waals surface area contributed by atoms with Crippen molar-refractivity contribution in [3.05, 3.63) is 105 Å². The fourth-order valence-electron chi connectivity index (χ4n) is 3.60. The number of benzene rings is 2. The van der Waals surface area contributed by atoms with Crippen LogP contribution in [0.5, 0.6) is 0 Å². The standard InChI is InChI=1S/C25H24N2O2/c1-18-6-3-4-8-23(18)24(21-11-9-20(10-12-21)7-5-15-28)17-25(27-29)22-13-14-26-19(2)16-22/h3-4,6,8-14,16,24-25,28H,15,17H2,1-2H3. The molecule has 1 aromatic heterocycles. The van der Waals surface area contributed by atoms with Gasteiger partial charge in [-0.05, 0) is 66.8 Å². The van der Waals surface area contributed by atoms with E-state index in [4.69, 9.17) is 5.11 Å². The molecule has 1 N–H and O–H groups in total. The predicted molar refractivity (Wildman–Crippen MR) is 116 cm³/mol. The molecule has 0 radical (unpaired) electrons. The number of aromatic nitrogens is 1. The van der Waals surface area contributed by atoms with Gasteiger partial charge in [-0.2, -0.15) is 4.91 Å². The molecule has 146 valence electrons. The zero-order valence-corrected chi connectivity index (χ0v) is 16.7. The van der Waals surface area contributed by atoms with E-state index in [1.54, 1.807) is 6.20 Å². The molecule has 0 aliphatic rings. The smallest absolute Gasteiger partial charge is 0.118 e. The summed E-state index contributed by atoms with van der Waals surface area (Å²) in [5, 5.41) is 12.3. The van der Waals surface area contributed by atoms with Crippen LogP contribution >= 0.6 is 0 Å². The average molecular weight is 384 g/mol. The summed E-state index contributed by atoms with van der Waals surface area (Å²) in [6, 6.07) is 19.5. The highest BCUT2D eigenvalue weighted by atomic mass is 16.3. The first kappa shape index (κ1) is 20.4. The summed E-state index contributed by atoms with van der Waals surface area (Å²) in [6.07, 6.45) is 2.29. The quantitative estimate of drug-likeness (QED) is 0.477. The van der Waals surface area contributed by atoms with Gasteiger partial charge in [0.1, 0.15) is 12.6 Å². The lowest BCUT2D eigenvalue weighted by molar-refractivity contribution is 0.350. The number of nitrogens with zero attached hydrogens (tertiary/aromatic N) is 2. The van der Waals surface area contributed by atoms with Crippen LogP contribution in [-0.2, 0) is 0 Å². The first-order chi connectivity index (χ1) is 14.1. The van der Waals surface area contributed by atoms with Crippen molar-refractivity contribution in [1.82, 2.24) is 4.98 Å². The van der Waals surface area contributed by atoms with Gasteiger partial charge < -0.3 is 5.11 Å². The van der Waals surface area contributed by atoms with Crippen molar-refractivity contribution in [3.8, 4) is 11.8 Å². The van der Waals surface area contributed by atoms with E-state index >= 15 is 0 Å². The van der Waals surface area contributed by atoms with Crippen LogP contribution in [-0.4, -0.2) is 16.7 Å². The Bertz CT molecular complexity index is 1030. The second-order valence-corrected chi connectivity index (χ2v) is 7.08. The van der Waals surface area contributed by atoms with Gasteiger partial charge in [0, 0.05) is 23.4 Å². The van der Waals surface area contributed by atoms with Crippen molar-refractivity contribution in [2.75, 3.05) is 6.61 Å².